The zero-order chi connectivity index (χ0) is 26.3. The Kier molecular flexibility index (Phi) is 10.9. The van der Waals surface area contributed by atoms with Crippen molar-refractivity contribution in [2.24, 2.45) is 0 Å². The van der Waals surface area contributed by atoms with Gasteiger partial charge in [-0.25, -0.2) is 0 Å². The molecule has 4 rings (SSSR count). The van der Waals surface area contributed by atoms with Crippen molar-refractivity contribution in [2.45, 2.75) is 76.9 Å². The van der Waals surface area contributed by atoms with E-state index in [0.717, 1.165) is 41.0 Å². The van der Waals surface area contributed by atoms with Crippen LogP contribution >= 0.6 is 0 Å². The van der Waals surface area contributed by atoms with Crippen molar-refractivity contribution in [3.05, 3.63) is 121 Å². The van der Waals surface area contributed by atoms with Gasteiger partial charge in [0.1, 0.15) is 11.5 Å². The van der Waals surface area contributed by atoms with E-state index in [0.29, 0.717) is 0 Å². The molecule has 0 aliphatic carbocycles. The molecule has 0 amide bonds. The Morgan fingerprint density at radius 3 is 1.47 bits per heavy atom. The SMILES string of the molecule is CCCCCCCCCCCC(Oc1ccccc1)(Oc1ccccc1)c1ccccc1-c1ccccc1. The monoisotopic (exact) mass is 506 g/mol. The van der Waals surface area contributed by atoms with E-state index in [9.17, 15) is 0 Å². The molecule has 0 spiro atoms. The van der Waals surface area contributed by atoms with Crippen LogP contribution in [0.3, 0.4) is 0 Å². The Hall–Kier alpha value is -3.52. The van der Waals surface area contributed by atoms with Crippen LogP contribution in [0.1, 0.15) is 76.7 Å². The van der Waals surface area contributed by atoms with Gasteiger partial charge in [0.05, 0.1) is 0 Å². The van der Waals surface area contributed by atoms with Gasteiger partial charge in [-0.3, -0.25) is 0 Å². The quantitative estimate of drug-likeness (QED) is 0.111. The van der Waals surface area contributed by atoms with E-state index < -0.39 is 5.79 Å². The molecular formula is C36H42O2. The highest BCUT2D eigenvalue weighted by molar-refractivity contribution is 5.68. The van der Waals surface area contributed by atoms with E-state index >= 15 is 0 Å². The van der Waals surface area contributed by atoms with E-state index in [1.54, 1.807) is 0 Å². The summed E-state index contributed by atoms with van der Waals surface area (Å²) < 4.78 is 13.8. The van der Waals surface area contributed by atoms with Crippen LogP contribution in [0.2, 0.25) is 0 Å². The van der Waals surface area contributed by atoms with Gasteiger partial charge in [-0.05, 0) is 41.8 Å². The summed E-state index contributed by atoms with van der Waals surface area (Å²) in [6.07, 6.45) is 12.2. The van der Waals surface area contributed by atoms with Gasteiger partial charge < -0.3 is 9.47 Å². The van der Waals surface area contributed by atoms with E-state index in [4.69, 9.17) is 9.47 Å². The molecule has 0 heterocycles. The molecule has 2 nitrogen and oxygen atoms in total. The van der Waals surface area contributed by atoms with Gasteiger partial charge in [-0.2, -0.15) is 0 Å². The minimum Gasteiger partial charge on any atom is -0.448 e. The lowest BCUT2D eigenvalue weighted by atomic mass is 9.90. The standard InChI is InChI=1S/C36H42O2/c1-2-3-4-5-6-7-8-9-21-30-36(37-32-24-15-11-16-25-32,38-33-26-17-12-18-27-33)35-29-20-19-28-34(35)31-22-13-10-14-23-31/h10-20,22-29H,2-9,21,30H2,1H3. The molecule has 38 heavy (non-hydrogen) atoms. The van der Waals surface area contributed by atoms with Gasteiger partial charge in [-0.15, -0.1) is 0 Å². The molecule has 0 aliphatic heterocycles. The Labute approximate surface area is 229 Å². The number of rotatable bonds is 16. The third-order valence-corrected chi connectivity index (χ3v) is 7.08. The second-order valence-electron chi connectivity index (χ2n) is 10.1. The smallest absolute Gasteiger partial charge is 0.278 e. The first kappa shape index (κ1) is 27.5. The van der Waals surface area contributed by atoms with Crippen molar-refractivity contribution in [2.75, 3.05) is 0 Å². The first-order valence-corrected chi connectivity index (χ1v) is 14.4. The fourth-order valence-electron chi connectivity index (χ4n) is 5.08. The molecule has 4 aromatic carbocycles. The summed E-state index contributed by atoms with van der Waals surface area (Å²) >= 11 is 0. The van der Waals surface area contributed by atoms with Gasteiger partial charge >= 0.3 is 0 Å². The van der Waals surface area contributed by atoms with Crippen molar-refractivity contribution < 1.29 is 9.47 Å². The number of unbranched alkanes of at least 4 members (excludes halogenated alkanes) is 8. The van der Waals surface area contributed by atoms with Crippen molar-refractivity contribution in [3.8, 4) is 22.6 Å². The molecular weight excluding hydrogens is 464 g/mol. The normalized spacial score (nSPS) is 11.3. The molecule has 4 aromatic rings. The lowest BCUT2D eigenvalue weighted by Crippen LogP contribution is -2.40. The molecule has 0 atom stereocenters. The lowest BCUT2D eigenvalue weighted by molar-refractivity contribution is -0.129. The first-order valence-electron chi connectivity index (χ1n) is 14.4. The summed E-state index contributed by atoms with van der Waals surface area (Å²) in [5.41, 5.74) is 3.35. The summed E-state index contributed by atoms with van der Waals surface area (Å²) in [5, 5.41) is 0. The van der Waals surface area contributed by atoms with E-state index in [-0.39, 0.29) is 0 Å². The van der Waals surface area contributed by atoms with Crippen LogP contribution in [0.4, 0.5) is 0 Å². The molecule has 0 unspecified atom stereocenters. The summed E-state index contributed by atoms with van der Waals surface area (Å²) in [7, 11) is 0. The van der Waals surface area contributed by atoms with Crippen molar-refractivity contribution in [1.29, 1.82) is 0 Å². The van der Waals surface area contributed by atoms with E-state index in [1.807, 2.05) is 60.7 Å². The number of benzene rings is 4. The van der Waals surface area contributed by atoms with Crippen LogP contribution in [-0.2, 0) is 5.79 Å². The lowest BCUT2D eigenvalue weighted by Gasteiger charge is -2.37. The third kappa shape index (κ3) is 7.99. The number of hydrogen-bond acceptors (Lipinski definition) is 2. The van der Waals surface area contributed by atoms with Gasteiger partial charge in [0.2, 0.25) is 0 Å². The van der Waals surface area contributed by atoms with Crippen LogP contribution in [0.15, 0.2) is 115 Å². The highest BCUT2D eigenvalue weighted by Crippen LogP contribution is 2.41. The first-order chi connectivity index (χ1) is 18.8. The molecule has 2 heteroatoms. The molecule has 0 N–H and O–H groups in total. The molecule has 0 fully saturated rings. The predicted molar refractivity (Wildman–Crippen MR) is 160 cm³/mol. The molecule has 0 bridgehead atoms. The van der Waals surface area contributed by atoms with Crippen LogP contribution in [0.5, 0.6) is 11.5 Å². The van der Waals surface area contributed by atoms with E-state index in [1.165, 1.54) is 51.4 Å². The summed E-state index contributed by atoms with van der Waals surface area (Å²) in [6, 6.07) is 39.3. The zero-order valence-corrected chi connectivity index (χ0v) is 22.9. The Balaban J connectivity index is 1.64. The molecule has 0 aromatic heterocycles. The van der Waals surface area contributed by atoms with E-state index in [2.05, 4.69) is 61.5 Å². The number of para-hydroxylation sites is 2. The van der Waals surface area contributed by atoms with Crippen LogP contribution in [0, 0.1) is 0 Å². The topological polar surface area (TPSA) is 18.5 Å². The fraction of sp³-hybridized carbons (Fsp3) is 0.333. The number of ether oxygens (including phenoxy) is 2. The Bertz CT molecular complexity index is 1130. The molecule has 0 radical (unpaired) electrons. The second-order valence-corrected chi connectivity index (χ2v) is 10.1. The fourth-order valence-corrected chi connectivity index (χ4v) is 5.08. The Morgan fingerprint density at radius 2 is 0.921 bits per heavy atom. The maximum atomic E-state index is 6.90. The second kappa shape index (κ2) is 15.0. The average molecular weight is 507 g/mol. The minimum atomic E-state index is -0.962. The molecule has 0 saturated heterocycles. The zero-order valence-electron chi connectivity index (χ0n) is 22.9. The Morgan fingerprint density at radius 1 is 0.474 bits per heavy atom. The third-order valence-electron chi connectivity index (χ3n) is 7.08. The molecule has 0 aliphatic rings. The highest BCUT2D eigenvalue weighted by Gasteiger charge is 2.39. The summed E-state index contributed by atoms with van der Waals surface area (Å²) in [4.78, 5) is 0. The van der Waals surface area contributed by atoms with Crippen LogP contribution in [-0.4, -0.2) is 0 Å². The number of hydrogen-bond donors (Lipinski definition) is 0. The van der Waals surface area contributed by atoms with Crippen LogP contribution in [0.25, 0.3) is 11.1 Å². The molecule has 198 valence electrons. The van der Waals surface area contributed by atoms with Crippen molar-refractivity contribution >= 4 is 0 Å². The highest BCUT2D eigenvalue weighted by atomic mass is 16.7. The molecule has 0 saturated carbocycles. The van der Waals surface area contributed by atoms with Crippen molar-refractivity contribution in [1.82, 2.24) is 0 Å². The average Bonchev–Trinajstić information content (AvgIpc) is 2.98. The largest absolute Gasteiger partial charge is 0.448 e. The van der Waals surface area contributed by atoms with Crippen LogP contribution < -0.4 is 9.47 Å². The predicted octanol–water partition coefficient (Wildman–Crippen LogP) is 10.6. The summed E-state index contributed by atoms with van der Waals surface area (Å²) in [6.45, 7) is 2.28. The van der Waals surface area contributed by atoms with Gasteiger partial charge in [-0.1, -0.05) is 149 Å². The van der Waals surface area contributed by atoms with Gasteiger partial charge in [0.25, 0.3) is 5.79 Å². The van der Waals surface area contributed by atoms with Gasteiger partial charge in [0, 0.05) is 12.0 Å². The maximum absolute atomic E-state index is 6.90. The van der Waals surface area contributed by atoms with Gasteiger partial charge in [0.15, 0.2) is 0 Å². The summed E-state index contributed by atoms with van der Waals surface area (Å²) in [5.74, 6) is 0.653. The maximum Gasteiger partial charge on any atom is 0.278 e. The minimum absolute atomic E-state index is 0.760. The van der Waals surface area contributed by atoms with Crippen molar-refractivity contribution in [3.63, 3.8) is 0 Å².